The summed E-state index contributed by atoms with van der Waals surface area (Å²) in [6.07, 6.45) is 3.63. The predicted octanol–water partition coefficient (Wildman–Crippen LogP) is 2.03. The number of nitrogens with one attached hydrogen (secondary N) is 1. The Balaban J connectivity index is 1.53. The van der Waals surface area contributed by atoms with E-state index in [-0.39, 0.29) is 5.91 Å². The minimum atomic E-state index is -0.541. The van der Waals surface area contributed by atoms with Crippen LogP contribution in [0, 0.1) is 13.8 Å². The van der Waals surface area contributed by atoms with Gasteiger partial charge >= 0.3 is 0 Å². The quantitative estimate of drug-likeness (QED) is 0.891. The second-order valence-electron chi connectivity index (χ2n) is 6.47. The van der Waals surface area contributed by atoms with Crippen molar-refractivity contribution in [3.05, 3.63) is 28.8 Å². The van der Waals surface area contributed by atoms with Crippen LogP contribution >= 0.6 is 0 Å². The van der Waals surface area contributed by atoms with Crippen molar-refractivity contribution < 1.29 is 14.6 Å². The Labute approximate surface area is 125 Å². The number of aliphatic hydroxyl groups is 1. The van der Waals surface area contributed by atoms with Gasteiger partial charge in [0.1, 0.15) is 5.75 Å². The Bertz CT molecular complexity index is 532. The number of amides is 1. The first-order valence-corrected chi connectivity index (χ1v) is 7.74. The maximum atomic E-state index is 12.2. The van der Waals surface area contributed by atoms with Crippen LogP contribution < -0.4 is 10.1 Å². The molecule has 0 saturated heterocycles. The summed E-state index contributed by atoms with van der Waals surface area (Å²) >= 11 is 0. The molecule has 1 atom stereocenters. The lowest BCUT2D eigenvalue weighted by atomic mass is 9.78. The molecule has 1 aromatic rings. The smallest absolute Gasteiger partial charge is 0.261 e. The number of carbonyl (C=O) groups is 1. The summed E-state index contributed by atoms with van der Waals surface area (Å²) in [5, 5.41) is 12.9. The molecule has 2 N–H and O–H groups in total. The second-order valence-corrected chi connectivity index (χ2v) is 6.47. The molecular formula is C17H23NO3. The van der Waals surface area contributed by atoms with Crippen LogP contribution in [0.3, 0.4) is 0 Å². The number of hydrogen-bond donors (Lipinski definition) is 2. The Hall–Kier alpha value is -1.55. The molecule has 3 rings (SSSR count). The third-order valence-electron chi connectivity index (χ3n) is 4.82. The number of benzene rings is 1. The van der Waals surface area contributed by atoms with E-state index in [9.17, 15) is 9.90 Å². The topological polar surface area (TPSA) is 58.6 Å². The maximum absolute atomic E-state index is 12.2. The Morgan fingerprint density at radius 1 is 1.38 bits per heavy atom. The van der Waals surface area contributed by atoms with Crippen LogP contribution in [0.25, 0.3) is 0 Å². The van der Waals surface area contributed by atoms with Gasteiger partial charge < -0.3 is 15.2 Å². The molecule has 1 aromatic carbocycles. The highest BCUT2D eigenvalue weighted by Crippen LogP contribution is 2.34. The number of fused-ring (bicyclic) bond motifs is 1. The molecule has 21 heavy (non-hydrogen) atoms. The highest BCUT2D eigenvalue weighted by Gasteiger charge is 2.34. The average Bonchev–Trinajstić information content (AvgIpc) is 2.80. The first-order chi connectivity index (χ1) is 9.97. The molecule has 0 aromatic heterocycles. The molecule has 1 fully saturated rings. The minimum Gasteiger partial charge on any atom is -0.480 e. The van der Waals surface area contributed by atoms with E-state index < -0.39 is 11.7 Å². The van der Waals surface area contributed by atoms with Gasteiger partial charge in [-0.2, -0.15) is 0 Å². The van der Waals surface area contributed by atoms with Crippen LogP contribution in [0.4, 0.5) is 0 Å². The summed E-state index contributed by atoms with van der Waals surface area (Å²) in [4.78, 5) is 12.2. The fraction of sp³-hybridized carbons (Fsp3) is 0.588. The van der Waals surface area contributed by atoms with Gasteiger partial charge in [0.25, 0.3) is 5.91 Å². The minimum absolute atomic E-state index is 0.0792. The van der Waals surface area contributed by atoms with E-state index in [0.29, 0.717) is 19.4 Å². The molecule has 1 saturated carbocycles. The summed E-state index contributed by atoms with van der Waals surface area (Å²) in [5.41, 5.74) is 2.98. The average molecular weight is 289 g/mol. The Morgan fingerprint density at radius 2 is 2.10 bits per heavy atom. The molecule has 4 heteroatoms. The molecule has 1 amide bonds. The Kier molecular flexibility index (Phi) is 3.66. The van der Waals surface area contributed by atoms with Gasteiger partial charge in [0.05, 0.1) is 5.60 Å². The zero-order chi connectivity index (χ0) is 15.0. The van der Waals surface area contributed by atoms with E-state index in [1.54, 1.807) is 0 Å². The third-order valence-corrected chi connectivity index (χ3v) is 4.82. The summed E-state index contributed by atoms with van der Waals surface area (Å²) in [7, 11) is 0. The maximum Gasteiger partial charge on any atom is 0.261 e. The molecule has 2 aliphatic rings. The third kappa shape index (κ3) is 2.91. The van der Waals surface area contributed by atoms with Crippen molar-refractivity contribution in [1.82, 2.24) is 5.32 Å². The van der Waals surface area contributed by atoms with Crippen molar-refractivity contribution in [2.24, 2.45) is 0 Å². The van der Waals surface area contributed by atoms with Gasteiger partial charge in [-0.05, 0) is 62.3 Å². The van der Waals surface area contributed by atoms with E-state index in [2.05, 4.69) is 18.3 Å². The summed E-state index contributed by atoms with van der Waals surface area (Å²) in [5.74, 6) is 0.750. The standard InChI is InChI=1S/C17H23NO3/c1-11-8-13-10-15(21-14(13)9-12(11)2)16(19)18-7-6-17(20)4-3-5-17/h8-9,15,20H,3-7,10H2,1-2H3,(H,18,19). The number of ether oxygens (including phenoxy) is 1. The zero-order valence-corrected chi connectivity index (χ0v) is 12.7. The SMILES string of the molecule is Cc1cc2c(cc1C)OC(C(=O)NCCC1(O)CCC1)C2. The van der Waals surface area contributed by atoms with E-state index in [0.717, 1.165) is 30.6 Å². The molecule has 0 spiro atoms. The lowest BCUT2D eigenvalue weighted by Gasteiger charge is -2.36. The molecule has 0 radical (unpaired) electrons. The van der Waals surface area contributed by atoms with E-state index >= 15 is 0 Å². The fourth-order valence-electron chi connectivity index (χ4n) is 3.03. The number of rotatable bonds is 4. The lowest BCUT2D eigenvalue weighted by Crippen LogP contribution is -2.43. The number of aryl methyl sites for hydroxylation is 2. The first-order valence-electron chi connectivity index (χ1n) is 7.74. The van der Waals surface area contributed by atoms with Crippen LogP contribution in [-0.2, 0) is 11.2 Å². The Morgan fingerprint density at radius 3 is 2.76 bits per heavy atom. The van der Waals surface area contributed by atoms with E-state index in [1.807, 2.05) is 13.0 Å². The van der Waals surface area contributed by atoms with Crippen molar-refractivity contribution in [3.8, 4) is 5.75 Å². The molecule has 0 bridgehead atoms. The van der Waals surface area contributed by atoms with Crippen LogP contribution in [-0.4, -0.2) is 29.3 Å². The van der Waals surface area contributed by atoms with Crippen LogP contribution in [0.2, 0.25) is 0 Å². The second kappa shape index (κ2) is 5.34. The van der Waals surface area contributed by atoms with E-state index in [1.165, 1.54) is 11.1 Å². The monoisotopic (exact) mass is 289 g/mol. The summed E-state index contributed by atoms with van der Waals surface area (Å²) < 4.78 is 5.75. The van der Waals surface area contributed by atoms with Crippen LogP contribution in [0.5, 0.6) is 5.75 Å². The molecule has 114 valence electrons. The zero-order valence-electron chi connectivity index (χ0n) is 12.7. The van der Waals surface area contributed by atoms with Crippen LogP contribution in [0.1, 0.15) is 42.4 Å². The molecule has 1 unspecified atom stereocenters. The van der Waals surface area contributed by atoms with E-state index in [4.69, 9.17) is 4.74 Å². The van der Waals surface area contributed by atoms with Gasteiger partial charge in [0, 0.05) is 13.0 Å². The summed E-state index contributed by atoms with van der Waals surface area (Å²) in [6.45, 7) is 4.64. The van der Waals surface area contributed by atoms with Crippen molar-refractivity contribution in [3.63, 3.8) is 0 Å². The molecule has 1 aliphatic heterocycles. The first kappa shape index (κ1) is 14.4. The van der Waals surface area contributed by atoms with Crippen molar-refractivity contribution in [2.45, 2.75) is 57.7 Å². The van der Waals surface area contributed by atoms with Gasteiger partial charge in [-0.1, -0.05) is 6.07 Å². The lowest BCUT2D eigenvalue weighted by molar-refractivity contribution is -0.127. The van der Waals surface area contributed by atoms with Crippen molar-refractivity contribution in [1.29, 1.82) is 0 Å². The highest BCUT2D eigenvalue weighted by molar-refractivity contribution is 5.82. The molecular weight excluding hydrogens is 266 g/mol. The van der Waals surface area contributed by atoms with Gasteiger partial charge in [-0.15, -0.1) is 0 Å². The molecule has 1 heterocycles. The van der Waals surface area contributed by atoms with Gasteiger partial charge in [-0.3, -0.25) is 4.79 Å². The number of carbonyl (C=O) groups excluding carboxylic acids is 1. The summed E-state index contributed by atoms with van der Waals surface area (Å²) in [6, 6.07) is 4.12. The van der Waals surface area contributed by atoms with Crippen molar-refractivity contribution >= 4 is 5.91 Å². The molecule has 4 nitrogen and oxygen atoms in total. The van der Waals surface area contributed by atoms with Gasteiger partial charge in [-0.25, -0.2) is 0 Å². The van der Waals surface area contributed by atoms with Crippen molar-refractivity contribution in [2.75, 3.05) is 6.54 Å². The predicted molar refractivity (Wildman–Crippen MR) is 80.5 cm³/mol. The number of hydrogen-bond acceptors (Lipinski definition) is 3. The van der Waals surface area contributed by atoms with Gasteiger partial charge in [0.2, 0.25) is 0 Å². The highest BCUT2D eigenvalue weighted by atomic mass is 16.5. The van der Waals surface area contributed by atoms with Gasteiger partial charge in [0.15, 0.2) is 6.10 Å². The van der Waals surface area contributed by atoms with Crippen LogP contribution in [0.15, 0.2) is 12.1 Å². The largest absolute Gasteiger partial charge is 0.480 e. The molecule has 1 aliphatic carbocycles. The normalized spacial score (nSPS) is 22.1. The fourth-order valence-corrected chi connectivity index (χ4v) is 3.03.